The molecule has 2 amide bonds. The van der Waals surface area contributed by atoms with Gasteiger partial charge in [-0.15, -0.1) is 0 Å². The Morgan fingerprint density at radius 1 is 1.19 bits per heavy atom. The van der Waals surface area contributed by atoms with Gasteiger partial charge in [0.2, 0.25) is 5.91 Å². The maximum absolute atomic E-state index is 12.6. The number of rotatable bonds is 1. The fraction of sp³-hybridized carbons (Fsp3) is 0.529. The van der Waals surface area contributed by atoms with Crippen molar-refractivity contribution >= 4 is 11.8 Å². The van der Waals surface area contributed by atoms with E-state index in [4.69, 9.17) is 0 Å². The van der Waals surface area contributed by atoms with Crippen molar-refractivity contribution in [3.05, 3.63) is 35.4 Å². The van der Waals surface area contributed by atoms with Gasteiger partial charge in [-0.05, 0) is 31.4 Å². The first-order chi connectivity index (χ1) is 10.0. The molecular formula is C17H22N2O2. The van der Waals surface area contributed by atoms with Crippen molar-refractivity contribution in [3.63, 3.8) is 0 Å². The number of benzene rings is 1. The van der Waals surface area contributed by atoms with Crippen LogP contribution >= 0.6 is 0 Å². The third kappa shape index (κ3) is 2.55. The van der Waals surface area contributed by atoms with Gasteiger partial charge < -0.3 is 9.80 Å². The molecule has 0 N–H and O–H groups in total. The Hall–Kier alpha value is -1.84. The van der Waals surface area contributed by atoms with Gasteiger partial charge >= 0.3 is 0 Å². The Kier molecular flexibility index (Phi) is 3.47. The smallest absolute Gasteiger partial charge is 0.254 e. The lowest BCUT2D eigenvalue weighted by molar-refractivity contribution is -0.126. The molecule has 0 radical (unpaired) electrons. The highest BCUT2D eigenvalue weighted by Gasteiger charge is 2.44. The number of hydrogen-bond donors (Lipinski definition) is 0. The van der Waals surface area contributed by atoms with Crippen molar-refractivity contribution in [1.82, 2.24) is 9.80 Å². The summed E-state index contributed by atoms with van der Waals surface area (Å²) in [5.41, 5.74) is 1.93. The highest BCUT2D eigenvalue weighted by atomic mass is 16.2. The summed E-state index contributed by atoms with van der Waals surface area (Å²) in [6.07, 6.45) is 2.51. The molecule has 2 aliphatic rings. The van der Waals surface area contributed by atoms with E-state index in [1.807, 2.05) is 48.0 Å². The summed E-state index contributed by atoms with van der Waals surface area (Å²) in [6, 6.07) is 7.74. The second kappa shape index (κ2) is 5.17. The van der Waals surface area contributed by atoms with Crippen LogP contribution in [0.15, 0.2) is 24.3 Å². The van der Waals surface area contributed by atoms with Crippen molar-refractivity contribution in [3.8, 4) is 0 Å². The van der Waals surface area contributed by atoms with E-state index in [0.29, 0.717) is 6.42 Å². The third-order valence-corrected chi connectivity index (χ3v) is 5.01. The zero-order valence-corrected chi connectivity index (χ0v) is 12.8. The molecule has 0 unspecified atom stereocenters. The first kappa shape index (κ1) is 14.1. The van der Waals surface area contributed by atoms with E-state index in [1.54, 1.807) is 0 Å². The van der Waals surface area contributed by atoms with Gasteiger partial charge in [-0.2, -0.15) is 0 Å². The average molecular weight is 286 g/mol. The van der Waals surface area contributed by atoms with Crippen LogP contribution in [0.4, 0.5) is 0 Å². The summed E-state index contributed by atoms with van der Waals surface area (Å²) in [7, 11) is 1.88. The van der Waals surface area contributed by atoms with Crippen LogP contribution in [0.25, 0.3) is 0 Å². The number of piperidine rings is 1. The second-order valence-electron chi connectivity index (χ2n) is 6.53. The average Bonchev–Trinajstić information content (AvgIpc) is 2.74. The second-order valence-corrected chi connectivity index (χ2v) is 6.53. The zero-order valence-electron chi connectivity index (χ0n) is 12.8. The Bertz CT molecular complexity index is 574. The van der Waals surface area contributed by atoms with E-state index in [-0.39, 0.29) is 17.2 Å². The Balaban J connectivity index is 1.68. The van der Waals surface area contributed by atoms with Crippen LogP contribution in [0.5, 0.6) is 0 Å². The van der Waals surface area contributed by atoms with Gasteiger partial charge in [0.05, 0.1) is 0 Å². The number of amides is 2. The highest BCUT2D eigenvalue weighted by molar-refractivity contribution is 5.95. The lowest BCUT2D eigenvalue weighted by atomic mass is 9.77. The maximum atomic E-state index is 12.6. The molecule has 0 aromatic heterocycles. The van der Waals surface area contributed by atoms with E-state index < -0.39 is 0 Å². The molecule has 112 valence electrons. The fourth-order valence-electron chi connectivity index (χ4n) is 3.61. The number of carbonyl (C=O) groups is 2. The van der Waals surface area contributed by atoms with Crippen molar-refractivity contribution in [2.24, 2.45) is 5.41 Å². The molecule has 1 aromatic carbocycles. The predicted molar refractivity (Wildman–Crippen MR) is 81.0 cm³/mol. The summed E-state index contributed by atoms with van der Waals surface area (Å²) >= 11 is 0. The summed E-state index contributed by atoms with van der Waals surface area (Å²) in [6.45, 7) is 4.34. The minimum atomic E-state index is 0.106. The van der Waals surface area contributed by atoms with Crippen LogP contribution in [0.1, 0.15) is 35.2 Å². The summed E-state index contributed by atoms with van der Waals surface area (Å²) in [4.78, 5) is 28.1. The zero-order chi connectivity index (χ0) is 15.0. The molecule has 3 rings (SSSR count). The molecule has 0 bridgehead atoms. The molecule has 0 aliphatic carbocycles. The van der Waals surface area contributed by atoms with Crippen LogP contribution < -0.4 is 0 Å². The lowest BCUT2D eigenvalue weighted by Gasteiger charge is -2.38. The number of likely N-dealkylation sites (tertiary alicyclic amines) is 2. The van der Waals surface area contributed by atoms with Crippen molar-refractivity contribution in [1.29, 1.82) is 0 Å². The Labute approximate surface area is 125 Å². The van der Waals surface area contributed by atoms with Gasteiger partial charge in [0.15, 0.2) is 0 Å². The van der Waals surface area contributed by atoms with Crippen LogP contribution in [0.3, 0.4) is 0 Å². The van der Waals surface area contributed by atoms with E-state index in [0.717, 1.165) is 43.6 Å². The molecule has 2 saturated heterocycles. The summed E-state index contributed by atoms with van der Waals surface area (Å²) in [5.74, 6) is 0.370. The molecule has 0 atom stereocenters. The number of hydrogen-bond acceptors (Lipinski definition) is 2. The van der Waals surface area contributed by atoms with Crippen molar-refractivity contribution < 1.29 is 9.59 Å². The first-order valence-electron chi connectivity index (χ1n) is 7.60. The molecule has 1 spiro atoms. The van der Waals surface area contributed by atoms with Crippen LogP contribution in [0.2, 0.25) is 0 Å². The molecular weight excluding hydrogens is 264 g/mol. The van der Waals surface area contributed by atoms with Crippen molar-refractivity contribution in [2.75, 3.05) is 26.7 Å². The Morgan fingerprint density at radius 3 is 2.43 bits per heavy atom. The predicted octanol–water partition coefficient (Wildman–Crippen LogP) is 2.08. The first-order valence-corrected chi connectivity index (χ1v) is 7.60. The van der Waals surface area contributed by atoms with Crippen LogP contribution in [0, 0.1) is 12.3 Å². The van der Waals surface area contributed by atoms with Gasteiger partial charge in [0.25, 0.3) is 5.91 Å². The van der Waals surface area contributed by atoms with E-state index in [2.05, 4.69) is 0 Å². The van der Waals surface area contributed by atoms with Gasteiger partial charge in [0.1, 0.15) is 0 Å². The molecule has 0 saturated carbocycles. The molecule has 4 heteroatoms. The number of aryl methyl sites for hydroxylation is 1. The molecule has 2 heterocycles. The third-order valence-electron chi connectivity index (χ3n) is 5.01. The summed E-state index contributed by atoms with van der Waals surface area (Å²) in [5, 5.41) is 0. The van der Waals surface area contributed by atoms with Gasteiger partial charge in [0, 0.05) is 44.1 Å². The van der Waals surface area contributed by atoms with Gasteiger partial charge in [-0.1, -0.05) is 18.2 Å². The monoisotopic (exact) mass is 286 g/mol. The largest absolute Gasteiger partial charge is 0.345 e. The molecule has 4 nitrogen and oxygen atoms in total. The number of nitrogens with zero attached hydrogens (tertiary/aromatic N) is 2. The molecule has 2 aliphatic heterocycles. The Morgan fingerprint density at radius 2 is 1.86 bits per heavy atom. The highest BCUT2D eigenvalue weighted by Crippen LogP contribution is 2.40. The minimum absolute atomic E-state index is 0.106. The van der Waals surface area contributed by atoms with Crippen LogP contribution in [-0.4, -0.2) is 48.3 Å². The van der Waals surface area contributed by atoms with E-state index in [9.17, 15) is 9.59 Å². The lowest BCUT2D eigenvalue weighted by Crippen LogP contribution is -2.44. The van der Waals surface area contributed by atoms with E-state index in [1.165, 1.54) is 0 Å². The standard InChI is InChI=1S/C17H22N2O2/c1-13-5-3-4-6-14(13)16(21)19-9-7-17(8-10-19)11-15(20)18(2)12-17/h3-6H,7-12H2,1-2H3. The quantitative estimate of drug-likeness (QED) is 0.793. The fourth-order valence-corrected chi connectivity index (χ4v) is 3.61. The maximum Gasteiger partial charge on any atom is 0.254 e. The normalized spacial score (nSPS) is 21.1. The SMILES string of the molecule is Cc1ccccc1C(=O)N1CCC2(CC1)CC(=O)N(C)C2. The van der Waals surface area contributed by atoms with Crippen LogP contribution in [-0.2, 0) is 4.79 Å². The molecule has 1 aromatic rings. The van der Waals surface area contributed by atoms with Gasteiger partial charge in [-0.25, -0.2) is 0 Å². The molecule has 21 heavy (non-hydrogen) atoms. The van der Waals surface area contributed by atoms with Gasteiger partial charge in [-0.3, -0.25) is 9.59 Å². The minimum Gasteiger partial charge on any atom is -0.345 e. The summed E-state index contributed by atoms with van der Waals surface area (Å²) < 4.78 is 0. The topological polar surface area (TPSA) is 40.6 Å². The van der Waals surface area contributed by atoms with Crippen molar-refractivity contribution in [2.45, 2.75) is 26.2 Å². The van der Waals surface area contributed by atoms with E-state index >= 15 is 0 Å². The number of carbonyl (C=O) groups excluding carboxylic acids is 2. The molecule has 2 fully saturated rings.